The van der Waals surface area contributed by atoms with Gasteiger partial charge in [-0.3, -0.25) is 4.98 Å². The van der Waals surface area contributed by atoms with Gasteiger partial charge in [0, 0.05) is 6.54 Å². The second kappa shape index (κ2) is 5.89. The number of piperidine rings is 1. The van der Waals surface area contributed by atoms with Crippen molar-refractivity contribution in [2.45, 2.75) is 18.9 Å². The Labute approximate surface area is 110 Å². The fourth-order valence-electron chi connectivity index (χ4n) is 2.16. The van der Waals surface area contributed by atoms with Gasteiger partial charge in [-0.25, -0.2) is 0 Å². The number of nitrogens with one attached hydrogen (secondary N) is 2. The van der Waals surface area contributed by atoms with Crippen LogP contribution in [0.3, 0.4) is 0 Å². The summed E-state index contributed by atoms with van der Waals surface area (Å²) in [4.78, 5) is 4.08. The Kier molecular flexibility index (Phi) is 3.80. The largest absolute Gasteiger partial charge is 0.376 e. The first-order chi connectivity index (χ1) is 9.43. The Morgan fingerprint density at radius 3 is 3.16 bits per heavy atom. The zero-order valence-electron chi connectivity index (χ0n) is 10.6. The van der Waals surface area contributed by atoms with Gasteiger partial charge in [0.15, 0.2) is 5.65 Å². The summed E-state index contributed by atoms with van der Waals surface area (Å²) in [6, 6.07) is 0. The van der Waals surface area contributed by atoms with Gasteiger partial charge in [-0.15, -0.1) is 5.10 Å². The molecule has 2 aromatic heterocycles. The molecule has 0 radical (unpaired) electrons. The van der Waals surface area contributed by atoms with Crippen LogP contribution in [0.2, 0.25) is 0 Å². The van der Waals surface area contributed by atoms with Crippen molar-refractivity contribution in [1.82, 2.24) is 30.3 Å². The second-order valence-electron chi connectivity index (χ2n) is 4.49. The van der Waals surface area contributed by atoms with Crippen LogP contribution < -0.4 is 10.6 Å². The molecule has 0 unspecified atom stereocenters. The van der Waals surface area contributed by atoms with Gasteiger partial charge in [0.2, 0.25) is 0 Å². The predicted octanol–water partition coefficient (Wildman–Crippen LogP) is -0.300. The van der Waals surface area contributed by atoms with Gasteiger partial charge in [0.05, 0.1) is 25.1 Å². The Balaban J connectivity index is 1.48. The SMILES string of the molecule is c1ncc2nnnn2c1NCCOC1CCNCC1. The summed E-state index contributed by atoms with van der Waals surface area (Å²) >= 11 is 0. The number of hydrogen-bond acceptors (Lipinski definition) is 7. The normalized spacial score (nSPS) is 16.8. The van der Waals surface area contributed by atoms with E-state index in [1.165, 1.54) is 0 Å². The van der Waals surface area contributed by atoms with Crippen molar-refractivity contribution in [2.24, 2.45) is 0 Å². The van der Waals surface area contributed by atoms with E-state index in [-0.39, 0.29) is 0 Å². The maximum atomic E-state index is 5.81. The average molecular weight is 263 g/mol. The van der Waals surface area contributed by atoms with Crippen molar-refractivity contribution >= 4 is 11.5 Å². The third-order valence-electron chi connectivity index (χ3n) is 3.16. The number of ether oxygens (including phenoxy) is 1. The van der Waals surface area contributed by atoms with Crippen molar-refractivity contribution in [3.63, 3.8) is 0 Å². The summed E-state index contributed by atoms with van der Waals surface area (Å²) in [5.74, 6) is 0.774. The van der Waals surface area contributed by atoms with Crippen molar-refractivity contribution in [2.75, 3.05) is 31.6 Å². The molecule has 0 saturated carbocycles. The quantitative estimate of drug-likeness (QED) is 0.716. The van der Waals surface area contributed by atoms with Crippen molar-refractivity contribution < 1.29 is 4.74 Å². The number of hydrogen-bond donors (Lipinski definition) is 2. The van der Waals surface area contributed by atoms with Crippen LogP contribution >= 0.6 is 0 Å². The molecule has 1 saturated heterocycles. The monoisotopic (exact) mass is 263 g/mol. The average Bonchev–Trinajstić information content (AvgIpc) is 2.94. The number of tetrazole rings is 1. The lowest BCUT2D eigenvalue weighted by molar-refractivity contribution is 0.0394. The minimum absolute atomic E-state index is 0.380. The fraction of sp³-hybridized carbons (Fsp3) is 0.636. The molecule has 1 aliphatic rings. The van der Waals surface area contributed by atoms with Crippen LogP contribution in [0.5, 0.6) is 0 Å². The van der Waals surface area contributed by atoms with E-state index in [9.17, 15) is 0 Å². The van der Waals surface area contributed by atoms with E-state index in [1.807, 2.05) is 0 Å². The Morgan fingerprint density at radius 1 is 1.37 bits per heavy atom. The summed E-state index contributed by atoms with van der Waals surface area (Å²) in [5.41, 5.74) is 0.629. The first-order valence-corrected chi connectivity index (χ1v) is 6.52. The lowest BCUT2D eigenvalue weighted by atomic mass is 10.1. The van der Waals surface area contributed by atoms with Crippen LogP contribution in [0, 0.1) is 0 Å². The zero-order chi connectivity index (χ0) is 12.9. The molecule has 1 fully saturated rings. The third kappa shape index (κ3) is 2.96. The highest BCUT2D eigenvalue weighted by molar-refractivity contribution is 5.43. The van der Waals surface area contributed by atoms with E-state index in [0.717, 1.165) is 31.7 Å². The molecular formula is C11H17N7O. The number of fused-ring (bicyclic) bond motifs is 1. The summed E-state index contributed by atoms with van der Waals surface area (Å²) in [6.45, 7) is 3.48. The van der Waals surface area contributed by atoms with Gasteiger partial charge in [0.25, 0.3) is 0 Å². The van der Waals surface area contributed by atoms with Crippen LogP contribution in [0.25, 0.3) is 5.65 Å². The van der Waals surface area contributed by atoms with E-state index in [0.29, 0.717) is 24.9 Å². The Bertz CT molecular complexity index is 522. The molecule has 0 amide bonds. The van der Waals surface area contributed by atoms with Crippen molar-refractivity contribution in [1.29, 1.82) is 0 Å². The van der Waals surface area contributed by atoms with Crippen LogP contribution in [0.15, 0.2) is 12.4 Å². The van der Waals surface area contributed by atoms with E-state index < -0.39 is 0 Å². The molecule has 0 spiro atoms. The Morgan fingerprint density at radius 2 is 2.26 bits per heavy atom. The van der Waals surface area contributed by atoms with Crippen LogP contribution in [0.4, 0.5) is 5.82 Å². The topological polar surface area (TPSA) is 89.3 Å². The molecule has 8 heteroatoms. The first-order valence-electron chi connectivity index (χ1n) is 6.52. The van der Waals surface area contributed by atoms with Gasteiger partial charge in [-0.05, 0) is 36.4 Å². The highest BCUT2D eigenvalue weighted by Gasteiger charge is 2.12. The minimum atomic E-state index is 0.380. The smallest absolute Gasteiger partial charge is 0.199 e. The van der Waals surface area contributed by atoms with Crippen LogP contribution in [-0.4, -0.2) is 57.4 Å². The second-order valence-corrected chi connectivity index (χ2v) is 4.49. The summed E-state index contributed by atoms with van der Waals surface area (Å²) < 4.78 is 7.44. The van der Waals surface area contributed by atoms with Crippen LogP contribution in [-0.2, 0) is 4.74 Å². The molecule has 102 valence electrons. The summed E-state index contributed by atoms with van der Waals surface area (Å²) in [5, 5.41) is 17.9. The van der Waals surface area contributed by atoms with Gasteiger partial charge < -0.3 is 15.4 Å². The van der Waals surface area contributed by atoms with E-state index in [1.54, 1.807) is 16.9 Å². The number of nitrogens with zero attached hydrogens (tertiary/aromatic N) is 5. The predicted molar refractivity (Wildman–Crippen MR) is 68.9 cm³/mol. The molecule has 0 aliphatic carbocycles. The van der Waals surface area contributed by atoms with Gasteiger partial charge >= 0.3 is 0 Å². The van der Waals surface area contributed by atoms with E-state index >= 15 is 0 Å². The lowest BCUT2D eigenvalue weighted by Gasteiger charge is -2.23. The molecule has 0 aromatic carbocycles. The molecule has 2 aromatic rings. The molecule has 8 nitrogen and oxygen atoms in total. The fourth-order valence-corrected chi connectivity index (χ4v) is 2.16. The first kappa shape index (κ1) is 12.2. The summed E-state index contributed by atoms with van der Waals surface area (Å²) in [7, 11) is 0. The van der Waals surface area contributed by atoms with E-state index in [4.69, 9.17) is 4.74 Å². The molecule has 19 heavy (non-hydrogen) atoms. The van der Waals surface area contributed by atoms with Crippen molar-refractivity contribution in [3.8, 4) is 0 Å². The van der Waals surface area contributed by atoms with Gasteiger partial charge in [-0.1, -0.05) is 0 Å². The minimum Gasteiger partial charge on any atom is -0.376 e. The molecular weight excluding hydrogens is 246 g/mol. The highest BCUT2D eigenvalue weighted by atomic mass is 16.5. The number of rotatable bonds is 5. The zero-order valence-corrected chi connectivity index (χ0v) is 10.6. The highest BCUT2D eigenvalue weighted by Crippen LogP contribution is 2.08. The number of anilines is 1. The maximum absolute atomic E-state index is 5.81. The van der Waals surface area contributed by atoms with E-state index in [2.05, 4.69) is 31.1 Å². The van der Waals surface area contributed by atoms with Gasteiger partial charge in [-0.2, -0.15) is 4.52 Å². The maximum Gasteiger partial charge on any atom is 0.199 e. The molecule has 1 aliphatic heterocycles. The molecule has 0 atom stereocenters. The van der Waals surface area contributed by atoms with Crippen LogP contribution in [0.1, 0.15) is 12.8 Å². The third-order valence-corrected chi connectivity index (χ3v) is 3.16. The standard InChI is InChI=1S/C11H17N7O/c1-3-12-4-2-9(1)19-6-5-14-10-7-13-8-11-15-16-17-18(10)11/h7-9,12,14H,1-6H2. The Hall–Kier alpha value is -1.80. The lowest BCUT2D eigenvalue weighted by Crippen LogP contribution is -2.33. The van der Waals surface area contributed by atoms with Crippen molar-refractivity contribution in [3.05, 3.63) is 12.4 Å². The molecule has 3 heterocycles. The molecule has 2 N–H and O–H groups in total. The summed E-state index contributed by atoms with van der Waals surface area (Å²) in [6.07, 6.45) is 5.88. The number of aromatic nitrogens is 5. The molecule has 0 bridgehead atoms. The molecule has 3 rings (SSSR count). The van der Waals surface area contributed by atoms with Gasteiger partial charge in [0.1, 0.15) is 5.82 Å².